The number of phenols is 1. The fourth-order valence-electron chi connectivity index (χ4n) is 20.9. The van der Waals surface area contributed by atoms with E-state index in [1.165, 1.54) is 15.4 Å². The molecule has 12 atom stereocenters. The number of piperidine rings is 3. The fraction of sp³-hybridized carbons (Fsp3) is 0.571. The van der Waals surface area contributed by atoms with Crippen LogP contribution in [-0.2, 0) is 81.0 Å². The molecule has 3 aliphatic carbocycles. The highest BCUT2D eigenvalue weighted by atomic mass is 19.4. The Labute approximate surface area is 759 Å². The Kier molecular flexibility index (Phi) is 30.5. The van der Waals surface area contributed by atoms with Crippen LogP contribution >= 0.6 is 0 Å². The molecule has 8 heterocycles. The number of phenolic OH excluding ortho intramolecular Hbond substituents is 1. The number of aromatic hydroxyl groups is 1. The number of alkyl halides is 9. The van der Waals surface area contributed by atoms with E-state index in [-0.39, 0.29) is 127 Å². The molecule has 3 saturated carbocycles. The number of ether oxygens (including phenoxy) is 8. The maximum Gasteiger partial charge on any atom is 0.416 e. The molecule has 0 aromatic heterocycles. The molecule has 0 bridgehead atoms. The van der Waals surface area contributed by atoms with Gasteiger partial charge < -0.3 is 63.6 Å². The van der Waals surface area contributed by atoms with Crippen LogP contribution in [0.25, 0.3) is 0 Å². The Morgan fingerprint density at radius 2 is 0.758 bits per heavy atom. The lowest BCUT2D eigenvalue weighted by atomic mass is 9.79. The van der Waals surface area contributed by atoms with E-state index in [4.69, 9.17) is 48.7 Å². The number of hydrogen-bond acceptors (Lipinski definition) is 19. The smallest absolute Gasteiger partial charge is 0.416 e. The Balaban J connectivity index is 0.000000150. The molecule has 17 rings (SSSR count). The number of hydrogen-bond donors (Lipinski definition) is 3. The summed E-state index contributed by atoms with van der Waals surface area (Å²) in [5, 5.41) is 18.7. The number of carboxylic acids is 1. The number of rotatable bonds is 19. The van der Waals surface area contributed by atoms with Gasteiger partial charge in [0.2, 0.25) is 0 Å². The maximum atomic E-state index is 14.4. The zero-order valence-corrected chi connectivity index (χ0v) is 74.9. The van der Waals surface area contributed by atoms with Crippen molar-refractivity contribution in [1.82, 2.24) is 24.5 Å². The van der Waals surface area contributed by atoms with E-state index in [1.807, 2.05) is 49.4 Å². The van der Waals surface area contributed by atoms with Crippen molar-refractivity contribution in [1.29, 1.82) is 0 Å². The quantitative estimate of drug-likeness (QED) is 0.0387. The summed E-state index contributed by atoms with van der Waals surface area (Å²) >= 11 is 0. The van der Waals surface area contributed by atoms with Crippen LogP contribution in [-0.4, -0.2) is 198 Å². The maximum absolute atomic E-state index is 14.4. The average molecular weight is 1860 g/mol. The molecular formula is C98H116F12N6O16. The summed E-state index contributed by atoms with van der Waals surface area (Å²) in [6, 6.07) is 27.2. The topological polar surface area (TPSA) is 259 Å². The predicted octanol–water partition coefficient (Wildman–Crippen LogP) is 18.0. The first-order valence-corrected chi connectivity index (χ1v) is 45.9. The van der Waals surface area contributed by atoms with Gasteiger partial charge in [-0.1, -0.05) is 57.2 Å². The molecule has 0 radical (unpaired) electrons. The zero-order chi connectivity index (χ0) is 94.7. The van der Waals surface area contributed by atoms with Crippen LogP contribution in [0.4, 0.5) is 52.7 Å². The molecule has 22 nitrogen and oxygen atoms in total. The second kappa shape index (κ2) is 40.9. The number of esters is 3. The third-order valence-corrected chi connectivity index (χ3v) is 28.4. The van der Waals surface area contributed by atoms with Crippen molar-refractivity contribution in [3.05, 3.63) is 193 Å². The van der Waals surface area contributed by atoms with Gasteiger partial charge in [-0.25, -0.2) is 32.3 Å². The molecule has 8 aliphatic heterocycles. The minimum absolute atomic E-state index is 0.00112. The van der Waals surface area contributed by atoms with Crippen LogP contribution in [0.1, 0.15) is 237 Å². The van der Waals surface area contributed by atoms with Crippen molar-refractivity contribution in [3.8, 4) is 17.2 Å². The monoisotopic (exact) mass is 1860 g/mol. The lowest BCUT2D eigenvalue weighted by Crippen LogP contribution is -2.59. The number of benzene rings is 6. The number of carbonyl (C=O) groups excluding carboxylic acids is 5. The van der Waals surface area contributed by atoms with Crippen LogP contribution in [0.3, 0.4) is 0 Å². The first-order chi connectivity index (χ1) is 62.8. The van der Waals surface area contributed by atoms with E-state index < -0.39 is 81.2 Å². The standard InChI is InChI=1S/2C33H38F4N2O5.C24H33NO5.C8H7F4NO/c2*1-3-42-30(40)22-6-4-5-21(13-22)27-10-12-38(16-20(27)2)26-9-11-32(44-18-26,24-7-8-24)31(41)39-17-23-14-25(33(35,36)37)15-28(34)29(23)43-19-39;1-3-29-22(26)18-6-4-5-17(13-18)21-10-12-25(14-16(21)2)20-9-11-24(23(27)28,30-15-20)19-7-8-19;9-6-2-5(8(10,11)12)1-4(3-13)7(6)14/h2*4-6,13-15,20,24,26-27H,3,7-12,16-19H2,1-2H3;4-6,13,16,19-21H,3,7-12,14-15H2,1-2H3,(H,27,28);1-2,14H,3,13H2/t2*20-,26+,27-,32-;16-,20+,21-,24-;/m000./s1. The molecule has 2 amide bonds. The second-order valence-corrected chi connectivity index (χ2v) is 37.1. The summed E-state index contributed by atoms with van der Waals surface area (Å²) in [7, 11) is 0. The van der Waals surface area contributed by atoms with E-state index in [0.717, 1.165) is 140 Å². The van der Waals surface area contributed by atoms with E-state index in [1.54, 1.807) is 26.0 Å². The number of fused-ring (bicyclic) bond motifs is 2. The zero-order valence-electron chi connectivity index (χ0n) is 74.9. The molecule has 132 heavy (non-hydrogen) atoms. The number of carboxylic acid groups (broad SMARTS) is 1. The van der Waals surface area contributed by atoms with Crippen molar-refractivity contribution in [3.63, 3.8) is 0 Å². The summed E-state index contributed by atoms with van der Waals surface area (Å²) in [6.45, 7) is 18.6. The highest BCUT2D eigenvalue weighted by molar-refractivity contribution is 5.91. The lowest BCUT2D eigenvalue weighted by Gasteiger charge is -2.47. The molecule has 9 fully saturated rings. The summed E-state index contributed by atoms with van der Waals surface area (Å²) < 4.78 is 203. The Bertz CT molecular complexity index is 4910. The van der Waals surface area contributed by atoms with E-state index >= 15 is 0 Å². The third kappa shape index (κ3) is 22.0. The number of likely N-dealkylation sites (tertiary alicyclic amines) is 3. The SMILES string of the molecule is CCOC(=O)c1cccc([C@H]2CCN([C@@H]3CC[C@@](C(=O)N4COc5c(F)cc(C(F)(F)F)cc5C4)(C4CC4)OC3)C[C@@H]2C)c1.CCOC(=O)c1cccc([C@H]2CCN([C@@H]3CC[C@@](C(=O)N4COc5c(F)cc(C(F)(F)F)cc5C4)(C4CC4)OC3)C[C@@H]2C)c1.CCOC(=O)c1cccc([C@H]2CCN([C@@H]3CC[C@@](C(=O)O)(C4CC4)OC3)C[C@@H]2C)c1.NCc1cc(C(F)(F)F)cc(F)c1O. The molecule has 0 spiro atoms. The number of halogens is 12. The van der Waals surface area contributed by atoms with Crippen LogP contribution in [0.15, 0.2) is 109 Å². The molecule has 4 N–H and O–H groups in total. The van der Waals surface area contributed by atoms with Gasteiger partial charge in [0.1, 0.15) is 11.2 Å². The molecule has 6 saturated heterocycles. The molecule has 11 aliphatic rings. The van der Waals surface area contributed by atoms with Gasteiger partial charge in [-0.05, 0) is 279 Å². The first-order valence-electron chi connectivity index (χ1n) is 45.9. The molecular weight excluding hydrogens is 1750 g/mol. The van der Waals surface area contributed by atoms with Gasteiger partial charge in [-0.3, -0.25) is 24.3 Å². The van der Waals surface area contributed by atoms with Crippen molar-refractivity contribution in [2.45, 2.75) is 229 Å². The Morgan fingerprint density at radius 3 is 1.05 bits per heavy atom. The van der Waals surface area contributed by atoms with Gasteiger partial charge in [0.05, 0.1) is 86.1 Å². The van der Waals surface area contributed by atoms with Gasteiger partial charge in [-0.2, -0.15) is 39.5 Å². The Hall–Kier alpha value is -9.58. The molecule has 34 heteroatoms. The fourth-order valence-corrected chi connectivity index (χ4v) is 20.9. The third-order valence-electron chi connectivity index (χ3n) is 28.4. The first kappa shape index (κ1) is 98.4. The van der Waals surface area contributed by atoms with Crippen LogP contribution in [0, 0.1) is 53.0 Å². The Morgan fingerprint density at radius 1 is 0.439 bits per heavy atom. The lowest BCUT2D eigenvalue weighted by molar-refractivity contribution is -0.183. The molecule has 6 aromatic carbocycles. The van der Waals surface area contributed by atoms with Crippen molar-refractivity contribution in [2.24, 2.45) is 41.2 Å². The second-order valence-electron chi connectivity index (χ2n) is 37.1. The van der Waals surface area contributed by atoms with Crippen molar-refractivity contribution < 1.29 is 130 Å². The number of nitrogens with two attached hydrogens (primary N) is 1. The van der Waals surface area contributed by atoms with E-state index in [0.29, 0.717) is 135 Å². The summed E-state index contributed by atoms with van der Waals surface area (Å²) in [4.78, 5) is 86.4. The van der Waals surface area contributed by atoms with Gasteiger partial charge >= 0.3 is 42.4 Å². The minimum atomic E-state index is -4.71. The molecule has 6 aromatic rings. The molecule has 0 unspecified atom stereocenters. The van der Waals surface area contributed by atoms with Gasteiger partial charge in [-0.15, -0.1) is 0 Å². The summed E-state index contributed by atoms with van der Waals surface area (Å²) in [5.41, 5.74) is 3.59. The van der Waals surface area contributed by atoms with E-state index in [2.05, 4.69) is 53.7 Å². The number of amides is 2. The van der Waals surface area contributed by atoms with Gasteiger partial charge in [0.15, 0.2) is 53.8 Å². The summed E-state index contributed by atoms with van der Waals surface area (Å²) in [6.07, 6.45) is -1.78. The van der Waals surface area contributed by atoms with Crippen LogP contribution in [0.2, 0.25) is 0 Å². The normalized spacial score (nSPS) is 27.2. The van der Waals surface area contributed by atoms with Crippen molar-refractivity contribution >= 4 is 35.7 Å². The highest BCUT2D eigenvalue weighted by Gasteiger charge is 2.60. The van der Waals surface area contributed by atoms with Crippen LogP contribution < -0.4 is 15.2 Å². The van der Waals surface area contributed by atoms with Gasteiger partial charge in [0, 0.05) is 61.0 Å². The predicted molar refractivity (Wildman–Crippen MR) is 458 cm³/mol. The minimum Gasteiger partial charge on any atom is -0.505 e. The number of aliphatic carboxylic acids is 1. The van der Waals surface area contributed by atoms with E-state index in [9.17, 15) is 86.6 Å². The van der Waals surface area contributed by atoms with Gasteiger partial charge in [0.25, 0.3) is 11.8 Å². The summed E-state index contributed by atoms with van der Waals surface area (Å²) in [5.74, 6) is -4.61. The highest BCUT2D eigenvalue weighted by Crippen LogP contribution is 2.53. The number of carbonyl (C=O) groups is 6. The largest absolute Gasteiger partial charge is 0.505 e. The van der Waals surface area contributed by atoms with Crippen LogP contribution in [0.5, 0.6) is 17.2 Å². The van der Waals surface area contributed by atoms with Crippen molar-refractivity contribution in [2.75, 3.05) is 92.4 Å². The molecule has 718 valence electrons. The average Bonchev–Trinajstić information content (AvgIpc) is 1.62. The number of nitrogens with zero attached hydrogens (tertiary/aromatic N) is 5.